The quantitative estimate of drug-likeness (QED) is 0.667. The van der Waals surface area contributed by atoms with Crippen LogP contribution in [0.3, 0.4) is 0 Å². The van der Waals surface area contributed by atoms with Gasteiger partial charge in [-0.3, -0.25) is 9.36 Å². The fourth-order valence-electron chi connectivity index (χ4n) is 1.99. The first kappa shape index (κ1) is 14.8. The standard InChI is InChI=1S/C13H15N3O5/c1-21-7-9(12(18)19)14-11(17)6-16-10-5-3-2-4-8(10)15-13(16)20/h2-5,9H,6-7H2,1H3,(H,14,17)(H,15,20)(H,18,19). The minimum absolute atomic E-state index is 0.149. The molecule has 0 aliphatic heterocycles. The highest BCUT2D eigenvalue weighted by atomic mass is 16.5. The van der Waals surface area contributed by atoms with Crippen LogP contribution in [0.5, 0.6) is 0 Å². The molecule has 1 aromatic heterocycles. The first-order valence-electron chi connectivity index (χ1n) is 6.21. The number of fused-ring (bicyclic) bond motifs is 1. The number of hydrogen-bond donors (Lipinski definition) is 3. The number of hydrogen-bond acceptors (Lipinski definition) is 4. The smallest absolute Gasteiger partial charge is 0.328 e. The number of rotatable bonds is 6. The summed E-state index contributed by atoms with van der Waals surface area (Å²) >= 11 is 0. The van der Waals surface area contributed by atoms with Gasteiger partial charge in [-0.05, 0) is 12.1 Å². The Morgan fingerprint density at radius 3 is 2.81 bits per heavy atom. The molecule has 0 radical (unpaired) electrons. The molecule has 0 aliphatic carbocycles. The summed E-state index contributed by atoms with van der Waals surface area (Å²) in [5.74, 6) is -1.78. The topological polar surface area (TPSA) is 113 Å². The second-order valence-corrected chi connectivity index (χ2v) is 4.45. The van der Waals surface area contributed by atoms with Gasteiger partial charge in [0.1, 0.15) is 6.54 Å². The van der Waals surface area contributed by atoms with Gasteiger partial charge >= 0.3 is 11.7 Å². The van der Waals surface area contributed by atoms with Crippen molar-refractivity contribution in [3.8, 4) is 0 Å². The van der Waals surface area contributed by atoms with Gasteiger partial charge in [-0.25, -0.2) is 9.59 Å². The molecule has 1 amide bonds. The van der Waals surface area contributed by atoms with E-state index in [4.69, 9.17) is 9.84 Å². The number of H-pyrrole nitrogens is 1. The fraction of sp³-hybridized carbons (Fsp3) is 0.308. The number of nitrogens with zero attached hydrogens (tertiary/aromatic N) is 1. The molecule has 1 aromatic carbocycles. The van der Waals surface area contributed by atoms with Crippen molar-refractivity contribution in [2.75, 3.05) is 13.7 Å². The number of carboxylic acid groups (broad SMARTS) is 1. The number of nitrogens with one attached hydrogen (secondary N) is 2. The molecule has 0 spiro atoms. The molecule has 21 heavy (non-hydrogen) atoms. The van der Waals surface area contributed by atoms with Crippen molar-refractivity contribution in [1.82, 2.24) is 14.9 Å². The number of carbonyl (C=O) groups is 2. The van der Waals surface area contributed by atoms with Crippen molar-refractivity contribution in [1.29, 1.82) is 0 Å². The van der Waals surface area contributed by atoms with Gasteiger partial charge in [-0.1, -0.05) is 12.1 Å². The number of benzene rings is 1. The Bertz CT molecular complexity index is 718. The zero-order valence-corrected chi connectivity index (χ0v) is 11.3. The predicted octanol–water partition coefficient (Wildman–Crippen LogP) is -0.455. The van der Waals surface area contributed by atoms with Crippen LogP contribution in [0.2, 0.25) is 0 Å². The Kier molecular flexibility index (Phi) is 4.39. The number of carbonyl (C=O) groups excluding carboxylic acids is 1. The van der Waals surface area contributed by atoms with Crippen molar-refractivity contribution in [3.63, 3.8) is 0 Å². The summed E-state index contributed by atoms with van der Waals surface area (Å²) in [6.07, 6.45) is 0. The molecule has 0 aliphatic rings. The highest BCUT2D eigenvalue weighted by molar-refractivity contribution is 5.85. The number of methoxy groups -OCH3 is 1. The highest BCUT2D eigenvalue weighted by Crippen LogP contribution is 2.08. The largest absolute Gasteiger partial charge is 0.480 e. The lowest BCUT2D eigenvalue weighted by molar-refractivity contribution is -0.143. The maximum Gasteiger partial charge on any atom is 0.328 e. The van der Waals surface area contributed by atoms with Gasteiger partial charge in [-0.15, -0.1) is 0 Å². The Morgan fingerprint density at radius 1 is 1.43 bits per heavy atom. The van der Waals surface area contributed by atoms with E-state index in [9.17, 15) is 14.4 Å². The molecule has 0 bridgehead atoms. The van der Waals surface area contributed by atoms with Crippen LogP contribution in [0.4, 0.5) is 0 Å². The molecule has 8 heteroatoms. The number of amides is 1. The van der Waals surface area contributed by atoms with Crippen LogP contribution in [-0.4, -0.2) is 46.3 Å². The van der Waals surface area contributed by atoms with E-state index in [-0.39, 0.29) is 13.2 Å². The second kappa shape index (κ2) is 6.23. The molecule has 0 fully saturated rings. The first-order chi connectivity index (χ1) is 10.0. The van der Waals surface area contributed by atoms with Crippen molar-refractivity contribution in [2.24, 2.45) is 0 Å². The van der Waals surface area contributed by atoms with Gasteiger partial charge < -0.3 is 20.1 Å². The summed E-state index contributed by atoms with van der Waals surface area (Å²) in [6, 6.07) is 5.78. The van der Waals surface area contributed by atoms with E-state index < -0.39 is 23.6 Å². The summed E-state index contributed by atoms with van der Waals surface area (Å²) in [7, 11) is 1.34. The summed E-state index contributed by atoms with van der Waals surface area (Å²) in [5, 5.41) is 11.2. The SMILES string of the molecule is COCC(NC(=O)Cn1c(=O)[nH]c2ccccc21)C(=O)O. The van der Waals surface area contributed by atoms with Crippen LogP contribution >= 0.6 is 0 Å². The van der Waals surface area contributed by atoms with E-state index in [1.165, 1.54) is 11.7 Å². The molecule has 2 aromatic rings. The van der Waals surface area contributed by atoms with Crippen molar-refractivity contribution in [2.45, 2.75) is 12.6 Å². The number of aromatic nitrogens is 2. The number of aromatic amines is 1. The van der Waals surface area contributed by atoms with Crippen molar-refractivity contribution >= 4 is 22.9 Å². The van der Waals surface area contributed by atoms with Crippen molar-refractivity contribution < 1.29 is 19.4 Å². The predicted molar refractivity (Wildman–Crippen MR) is 74.0 cm³/mol. The van der Waals surface area contributed by atoms with Gasteiger partial charge in [0, 0.05) is 7.11 Å². The molecular weight excluding hydrogens is 278 g/mol. The highest BCUT2D eigenvalue weighted by Gasteiger charge is 2.20. The van der Waals surface area contributed by atoms with E-state index >= 15 is 0 Å². The van der Waals surface area contributed by atoms with Gasteiger partial charge in [0.2, 0.25) is 5.91 Å². The first-order valence-corrected chi connectivity index (χ1v) is 6.21. The summed E-state index contributed by atoms with van der Waals surface area (Å²) in [4.78, 5) is 37.3. The third-order valence-corrected chi connectivity index (χ3v) is 2.95. The zero-order chi connectivity index (χ0) is 15.4. The third-order valence-electron chi connectivity index (χ3n) is 2.95. The van der Waals surface area contributed by atoms with Crippen LogP contribution in [0, 0.1) is 0 Å². The lowest BCUT2D eigenvalue weighted by Gasteiger charge is -2.13. The van der Waals surface area contributed by atoms with Crippen LogP contribution in [0.1, 0.15) is 0 Å². The molecule has 0 saturated heterocycles. The Labute approximate surface area is 119 Å². The summed E-state index contributed by atoms with van der Waals surface area (Å²) in [6.45, 7) is -0.416. The number of aliphatic carboxylic acids is 1. The average molecular weight is 293 g/mol. The molecular formula is C13H15N3O5. The Balaban J connectivity index is 2.16. The van der Waals surface area contributed by atoms with Crippen LogP contribution < -0.4 is 11.0 Å². The maximum atomic E-state index is 11.9. The summed E-state index contributed by atoms with van der Waals surface area (Å²) in [5.41, 5.74) is 0.767. The molecule has 1 heterocycles. The van der Waals surface area contributed by atoms with Crippen LogP contribution in [0.15, 0.2) is 29.1 Å². The fourth-order valence-corrected chi connectivity index (χ4v) is 1.99. The van der Waals surface area contributed by atoms with E-state index in [0.717, 1.165) is 0 Å². The molecule has 1 unspecified atom stereocenters. The number of para-hydroxylation sites is 2. The van der Waals surface area contributed by atoms with E-state index in [0.29, 0.717) is 11.0 Å². The molecule has 3 N–H and O–H groups in total. The number of ether oxygens (including phenoxy) is 1. The van der Waals surface area contributed by atoms with Crippen LogP contribution in [-0.2, 0) is 20.9 Å². The van der Waals surface area contributed by atoms with Gasteiger partial charge in [0.05, 0.1) is 17.6 Å². The van der Waals surface area contributed by atoms with Crippen molar-refractivity contribution in [3.05, 3.63) is 34.7 Å². The van der Waals surface area contributed by atoms with Gasteiger partial charge in [-0.2, -0.15) is 0 Å². The Morgan fingerprint density at radius 2 is 2.14 bits per heavy atom. The monoisotopic (exact) mass is 293 g/mol. The van der Waals surface area contributed by atoms with Gasteiger partial charge in [0.15, 0.2) is 6.04 Å². The average Bonchev–Trinajstić information content (AvgIpc) is 2.75. The lowest BCUT2D eigenvalue weighted by Crippen LogP contribution is -2.45. The number of imidazole rings is 1. The van der Waals surface area contributed by atoms with E-state index in [1.807, 2.05) is 0 Å². The summed E-state index contributed by atoms with van der Waals surface area (Å²) < 4.78 is 5.97. The second-order valence-electron chi connectivity index (χ2n) is 4.45. The molecule has 0 saturated carbocycles. The van der Waals surface area contributed by atoms with E-state index in [2.05, 4.69) is 10.3 Å². The minimum Gasteiger partial charge on any atom is -0.480 e. The molecule has 1 atom stereocenters. The van der Waals surface area contributed by atoms with Gasteiger partial charge in [0.25, 0.3) is 0 Å². The van der Waals surface area contributed by atoms with E-state index in [1.54, 1.807) is 24.3 Å². The maximum absolute atomic E-state index is 11.9. The van der Waals surface area contributed by atoms with Crippen LogP contribution in [0.25, 0.3) is 11.0 Å². The Hall–Kier alpha value is -2.61. The molecule has 112 valence electrons. The normalized spacial score (nSPS) is 12.2. The minimum atomic E-state index is -1.20. The third kappa shape index (κ3) is 3.29. The number of carboxylic acids is 1. The molecule has 8 nitrogen and oxygen atoms in total. The zero-order valence-electron chi connectivity index (χ0n) is 11.3. The molecule has 2 rings (SSSR count). The lowest BCUT2D eigenvalue weighted by atomic mass is 10.3.